The van der Waals surface area contributed by atoms with E-state index in [2.05, 4.69) is 15.3 Å². The number of fused-ring (bicyclic) bond motifs is 1. The van der Waals surface area contributed by atoms with Crippen molar-refractivity contribution in [3.8, 4) is 0 Å². The summed E-state index contributed by atoms with van der Waals surface area (Å²) in [5.74, 6) is -0.620. The second-order valence-electron chi connectivity index (χ2n) is 2.40. The van der Waals surface area contributed by atoms with Crippen LogP contribution in [0.1, 0.15) is 10.5 Å². The van der Waals surface area contributed by atoms with E-state index >= 15 is 0 Å². The molecule has 1 amide bonds. The Labute approximate surface area is 72.4 Å². The van der Waals surface area contributed by atoms with Gasteiger partial charge in [0.05, 0.1) is 6.20 Å². The smallest absolute Gasteiger partial charge is 0.273 e. The number of primary amides is 1. The molecule has 0 saturated heterocycles. The molecule has 2 heterocycles. The molecule has 0 spiro atoms. The monoisotopic (exact) mass is 178 g/mol. The minimum absolute atomic E-state index is 0.0730. The first-order chi connectivity index (χ1) is 6.20. The molecule has 0 bridgehead atoms. The van der Waals surface area contributed by atoms with Crippen molar-refractivity contribution in [2.45, 2.75) is 0 Å². The normalized spacial score (nSPS) is 10.5. The summed E-state index contributed by atoms with van der Waals surface area (Å²) in [5.41, 5.74) is 11.0. The van der Waals surface area contributed by atoms with Gasteiger partial charge in [0.15, 0.2) is 17.2 Å². The van der Waals surface area contributed by atoms with Crippen molar-refractivity contribution in [2.24, 2.45) is 5.73 Å². The fourth-order valence-corrected chi connectivity index (χ4v) is 0.986. The fraction of sp³-hybridized carbons (Fsp3) is 0. The van der Waals surface area contributed by atoms with E-state index in [4.69, 9.17) is 11.5 Å². The molecule has 7 heteroatoms. The minimum Gasteiger partial charge on any atom is -0.382 e. The van der Waals surface area contributed by atoms with Crippen molar-refractivity contribution in [1.29, 1.82) is 0 Å². The van der Waals surface area contributed by atoms with Crippen LogP contribution in [0.3, 0.4) is 0 Å². The third-order valence-corrected chi connectivity index (χ3v) is 1.58. The highest BCUT2D eigenvalue weighted by Crippen LogP contribution is 2.07. The summed E-state index contributed by atoms with van der Waals surface area (Å²) in [6.07, 6.45) is 1.51. The van der Waals surface area contributed by atoms with Crippen LogP contribution in [0, 0.1) is 0 Å². The summed E-state index contributed by atoms with van der Waals surface area (Å²) in [6.45, 7) is 0. The van der Waals surface area contributed by atoms with Gasteiger partial charge in [0.2, 0.25) is 0 Å². The van der Waals surface area contributed by atoms with Crippen LogP contribution in [0.25, 0.3) is 5.65 Å². The maximum atomic E-state index is 10.8. The average molecular weight is 178 g/mol. The number of hydrogen-bond acceptors (Lipinski definition) is 5. The summed E-state index contributed by atoms with van der Waals surface area (Å²) in [6, 6.07) is 1.62. The summed E-state index contributed by atoms with van der Waals surface area (Å²) < 4.78 is 1.30. The zero-order valence-corrected chi connectivity index (χ0v) is 6.51. The van der Waals surface area contributed by atoms with Crippen molar-refractivity contribution < 1.29 is 4.79 Å². The van der Waals surface area contributed by atoms with Gasteiger partial charge in [0.1, 0.15) is 0 Å². The van der Waals surface area contributed by atoms with Gasteiger partial charge < -0.3 is 11.5 Å². The van der Waals surface area contributed by atoms with Crippen molar-refractivity contribution in [3.05, 3.63) is 18.0 Å². The Balaban J connectivity index is 2.80. The molecule has 0 aromatic carbocycles. The Bertz CT molecular complexity index is 475. The van der Waals surface area contributed by atoms with E-state index in [1.165, 1.54) is 10.7 Å². The Morgan fingerprint density at radius 1 is 1.46 bits per heavy atom. The molecule has 0 aliphatic heterocycles. The number of nitrogens with two attached hydrogens (primary N) is 2. The Kier molecular flexibility index (Phi) is 1.38. The molecule has 0 aliphatic rings. The van der Waals surface area contributed by atoms with Crippen molar-refractivity contribution in [2.75, 3.05) is 5.73 Å². The molecule has 2 aromatic rings. The predicted octanol–water partition coefficient (Wildman–Crippen LogP) is -1.19. The van der Waals surface area contributed by atoms with Gasteiger partial charge in [0.25, 0.3) is 5.91 Å². The maximum Gasteiger partial charge on any atom is 0.273 e. The SMILES string of the molecule is NC(=O)c1nnc2ccnn2c1N. The molecule has 66 valence electrons. The zero-order valence-electron chi connectivity index (χ0n) is 6.51. The first-order valence-electron chi connectivity index (χ1n) is 3.46. The third-order valence-electron chi connectivity index (χ3n) is 1.58. The molecule has 13 heavy (non-hydrogen) atoms. The molecule has 4 N–H and O–H groups in total. The Morgan fingerprint density at radius 2 is 2.23 bits per heavy atom. The quantitative estimate of drug-likeness (QED) is 0.569. The van der Waals surface area contributed by atoms with Gasteiger partial charge in [-0.25, -0.2) is 0 Å². The van der Waals surface area contributed by atoms with E-state index < -0.39 is 5.91 Å². The van der Waals surface area contributed by atoms with Crippen LogP contribution in [0.4, 0.5) is 5.82 Å². The predicted molar refractivity (Wildman–Crippen MR) is 43.7 cm³/mol. The zero-order chi connectivity index (χ0) is 9.42. The van der Waals surface area contributed by atoms with Gasteiger partial charge in [-0.1, -0.05) is 0 Å². The number of hydrogen-bond donors (Lipinski definition) is 2. The third kappa shape index (κ3) is 0.975. The van der Waals surface area contributed by atoms with Gasteiger partial charge in [0, 0.05) is 6.07 Å². The van der Waals surface area contributed by atoms with E-state index in [1.807, 2.05) is 0 Å². The number of nitrogens with zero attached hydrogens (tertiary/aromatic N) is 4. The van der Waals surface area contributed by atoms with Crippen molar-refractivity contribution >= 4 is 17.4 Å². The molecule has 0 unspecified atom stereocenters. The van der Waals surface area contributed by atoms with Gasteiger partial charge in [-0.2, -0.15) is 9.61 Å². The van der Waals surface area contributed by atoms with E-state index in [0.717, 1.165) is 0 Å². The number of nitrogen functional groups attached to an aromatic ring is 1. The molecule has 2 aromatic heterocycles. The molecule has 2 rings (SSSR count). The molecule has 0 fully saturated rings. The lowest BCUT2D eigenvalue weighted by Crippen LogP contribution is -2.19. The number of amides is 1. The van der Waals surface area contributed by atoms with E-state index in [9.17, 15) is 4.79 Å². The van der Waals surface area contributed by atoms with Gasteiger partial charge in [-0.3, -0.25) is 4.79 Å². The highest BCUT2D eigenvalue weighted by Gasteiger charge is 2.12. The van der Waals surface area contributed by atoms with Crippen LogP contribution in [-0.2, 0) is 0 Å². The summed E-state index contributed by atoms with van der Waals surface area (Å²) in [7, 11) is 0. The second-order valence-corrected chi connectivity index (χ2v) is 2.40. The number of anilines is 1. The Hall–Kier alpha value is -2.18. The van der Waals surface area contributed by atoms with E-state index in [1.54, 1.807) is 6.07 Å². The van der Waals surface area contributed by atoms with Crippen molar-refractivity contribution in [3.63, 3.8) is 0 Å². The number of aromatic nitrogens is 4. The number of rotatable bonds is 1. The maximum absolute atomic E-state index is 10.8. The molecule has 0 radical (unpaired) electrons. The minimum atomic E-state index is -0.720. The molecule has 0 aliphatic carbocycles. The van der Waals surface area contributed by atoms with Crippen LogP contribution in [0.15, 0.2) is 12.3 Å². The summed E-state index contributed by atoms with van der Waals surface area (Å²) >= 11 is 0. The van der Waals surface area contributed by atoms with E-state index in [0.29, 0.717) is 5.65 Å². The van der Waals surface area contributed by atoms with Crippen LogP contribution in [0.5, 0.6) is 0 Å². The molecule has 0 saturated carbocycles. The molecular weight excluding hydrogens is 172 g/mol. The largest absolute Gasteiger partial charge is 0.382 e. The molecule has 7 nitrogen and oxygen atoms in total. The highest BCUT2D eigenvalue weighted by atomic mass is 16.1. The van der Waals surface area contributed by atoms with Gasteiger partial charge in [-0.05, 0) is 0 Å². The average Bonchev–Trinajstić information content (AvgIpc) is 2.52. The standard InChI is InChI=1S/C6H6N6O/c7-5-4(6(8)13)11-10-3-1-2-9-12(3)5/h1-2H,7H2,(H2,8,13). The number of carbonyl (C=O) groups is 1. The topological polar surface area (TPSA) is 112 Å². The molecule has 0 atom stereocenters. The molecular formula is C6H6N6O. The first kappa shape index (κ1) is 7.47. The van der Waals surface area contributed by atoms with Crippen LogP contribution in [0.2, 0.25) is 0 Å². The lowest BCUT2D eigenvalue weighted by Gasteiger charge is -2.00. The van der Waals surface area contributed by atoms with Crippen molar-refractivity contribution in [1.82, 2.24) is 19.8 Å². The van der Waals surface area contributed by atoms with E-state index in [-0.39, 0.29) is 11.5 Å². The van der Waals surface area contributed by atoms with Crippen LogP contribution in [-0.4, -0.2) is 25.7 Å². The lowest BCUT2D eigenvalue weighted by atomic mass is 10.4. The second kappa shape index (κ2) is 2.41. The lowest BCUT2D eigenvalue weighted by molar-refractivity contribution is 0.0995. The van der Waals surface area contributed by atoms with Crippen LogP contribution >= 0.6 is 0 Å². The summed E-state index contributed by atoms with van der Waals surface area (Å²) in [4.78, 5) is 10.8. The number of carbonyl (C=O) groups excluding carboxylic acids is 1. The van der Waals surface area contributed by atoms with Crippen LogP contribution < -0.4 is 11.5 Å². The first-order valence-corrected chi connectivity index (χ1v) is 3.46. The Morgan fingerprint density at radius 3 is 2.92 bits per heavy atom. The highest BCUT2D eigenvalue weighted by molar-refractivity contribution is 5.95. The fourth-order valence-electron chi connectivity index (χ4n) is 0.986. The van der Waals surface area contributed by atoms with Gasteiger partial charge in [-0.15, -0.1) is 10.2 Å². The van der Waals surface area contributed by atoms with Gasteiger partial charge >= 0.3 is 0 Å². The summed E-state index contributed by atoms with van der Waals surface area (Å²) in [5, 5.41) is 11.1.